The lowest BCUT2D eigenvalue weighted by atomic mass is 10.5. The largest absolute Gasteiger partial charge is 0.506 e. The fourth-order valence-electron chi connectivity index (χ4n) is 0.863. The summed E-state index contributed by atoms with van der Waals surface area (Å²) in [7, 11) is -9.21. The molecule has 0 radical (unpaired) electrons. The molecule has 5 N–H and O–H groups in total. The Morgan fingerprint density at radius 3 is 2.38 bits per heavy atom. The maximum absolute atomic E-state index is 11.5. The fourth-order valence-corrected chi connectivity index (χ4v) is 3.06. The van der Waals surface area contributed by atoms with Crippen LogP contribution in [0, 0.1) is 0 Å². The molecule has 90 valence electrons. The number of aromatic hydroxyl groups is 1. The summed E-state index contributed by atoms with van der Waals surface area (Å²) in [6.45, 7) is 0. The number of pyridine rings is 1. The molecule has 0 bridgehead atoms. The minimum atomic E-state index is -5.42. The zero-order valence-corrected chi connectivity index (χ0v) is 9.57. The van der Waals surface area contributed by atoms with Gasteiger partial charge in [0.05, 0.1) is 0 Å². The molecule has 1 rings (SSSR count). The van der Waals surface area contributed by atoms with Crippen molar-refractivity contribution in [3.05, 3.63) is 18.3 Å². The molecule has 0 fully saturated rings. The van der Waals surface area contributed by atoms with Crippen LogP contribution in [0.2, 0.25) is 0 Å². The number of aliphatic hydroxyl groups is 2. The first-order valence-corrected chi connectivity index (χ1v) is 6.89. The van der Waals surface area contributed by atoms with Crippen LogP contribution in [0.25, 0.3) is 0 Å². The van der Waals surface area contributed by atoms with Crippen LogP contribution in [-0.2, 0) is 9.13 Å². The smallest absolute Gasteiger partial charge is 0.392 e. The lowest BCUT2D eigenvalue weighted by molar-refractivity contribution is -0.0306. The zero-order chi connectivity index (χ0) is 12.6. The summed E-state index contributed by atoms with van der Waals surface area (Å²) in [5.74, 6) is -0.632. The molecule has 1 atom stereocenters. The minimum absolute atomic E-state index is 0.632. The standard InChI is InChI=1S/C6H9NO7P2/c8-4-2-1-3-7-5(4)15(11)6(9,10)16(12,13)14/h1-3,8-10,15H,(H2,12,13,14). The normalized spacial score (nSPS) is 14.8. The van der Waals surface area contributed by atoms with Crippen molar-refractivity contribution in [3.8, 4) is 5.75 Å². The average Bonchev–Trinajstić information content (AvgIpc) is 2.15. The molecule has 1 aromatic heterocycles. The summed E-state index contributed by atoms with van der Waals surface area (Å²) >= 11 is 0. The van der Waals surface area contributed by atoms with Crippen molar-refractivity contribution < 1.29 is 34.2 Å². The van der Waals surface area contributed by atoms with E-state index in [0.717, 1.165) is 12.3 Å². The van der Waals surface area contributed by atoms with Crippen molar-refractivity contribution in [2.45, 2.75) is 5.27 Å². The number of hydrogen-bond acceptors (Lipinski definition) is 6. The highest BCUT2D eigenvalue weighted by Gasteiger charge is 2.51. The molecule has 16 heavy (non-hydrogen) atoms. The Kier molecular flexibility index (Phi) is 3.54. The molecule has 1 aromatic rings. The SMILES string of the molecule is O=[PH](c1ncccc1O)C(O)(O)P(=O)(O)O. The first-order valence-electron chi connectivity index (χ1n) is 3.87. The van der Waals surface area contributed by atoms with E-state index in [1.165, 1.54) is 6.07 Å². The third kappa shape index (κ3) is 2.32. The molecule has 0 saturated carbocycles. The van der Waals surface area contributed by atoms with Crippen molar-refractivity contribution in [1.82, 2.24) is 4.98 Å². The third-order valence-electron chi connectivity index (χ3n) is 1.71. The molecule has 0 amide bonds. The van der Waals surface area contributed by atoms with Crippen LogP contribution < -0.4 is 5.44 Å². The van der Waals surface area contributed by atoms with Gasteiger partial charge in [-0.15, -0.1) is 0 Å². The van der Waals surface area contributed by atoms with Crippen molar-refractivity contribution >= 4 is 20.8 Å². The van der Waals surface area contributed by atoms with Crippen LogP contribution in [0.4, 0.5) is 0 Å². The van der Waals surface area contributed by atoms with Gasteiger partial charge in [-0.25, -0.2) is 4.98 Å². The predicted molar refractivity (Wildman–Crippen MR) is 53.8 cm³/mol. The van der Waals surface area contributed by atoms with Crippen LogP contribution >= 0.6 is 15.4 Å². The Balaban J connectivity index is 3.24. The van der Waals surface area contributed by atoms with Crippen molar-refractivity contribution in [3.63, 3.8) is 0 Å². The second-order valence-electron chi connectivity index (χ2n) is 2.88. The van der Waals surface area contributed by atoms with E-state index in [9.17, 15) is 14.2 Å². The van der Waals surface area contributed by atoms with Gasteiger partial charge < -0.3 is 29.7 Å². The lowest BCUT2D eigenvalue weighted by Crippen LogP contribution is -2.27. The van der Waals surface area contributed by atoms with Gasteiger partial charge in [0.1, 0.15) is 11.2 Å². The van der Waals surface area contributed by atoms with Gasteiger partial charge in [0.15, 0.2) is 7.80 Å². The topological polar surface area (TPSA) is 148 Å². The molecular weight excluding hydrogens is 260 g/mol. The summed E-state index contributed by atoms with van der Waals surface area (Å²) in [4.78, 5) is 20.6. The van der Waals surface area contributed by atoms with Crippen LogP contribution in [0.5, 0.6) is 5.75 Å². The molecule has 1 unspecified atom stereocenters. The molecular formula is C6H9NO7P2. The summed E-state index contributed by atoms with van der Waals surface area (Å²) in [6, 6.07) is 2.34. The van der Waals surface area contributed by atoms with E-state index in [0.29, 0.717) is 0 Å². The average molecular weight is 269 g/mol. The minimum Gasteiger partial charge on any atom is -0.506 e. The zero-order valence-electron chi connectivity index (χ0n) is 7.68. The molecule has 10 heteroatoms. The second-order valence-corrected chi connectivity index (χ2v) is 6.84. The van der Waals surface area contributed by atoms with Gasteiger partial charge in [-0.2, -0.15) is 0 Å². The summed E-state index contributed by atoms with van der Waals surface area (Å²) in [6.07, 6.45) is 1.09. The summed E-state index contributed by atoms with van der Waals surface area (Å²) < 4.78 is 22.2. The first kappa shape index (κ1) is 13.3. The van der Waals surface area contributed by atoms with Crippen LogP contribution in [0.15, 0.2) is 18.3 Å². The van der Waals surface area contributed by atoms with E-state index in [1.807, 2.05) is 0 Å². The highest BCUT2D eigenvalue weighted by molar-refractivity contribution is 7.71. The van der Waals surface area contributed by atoms with Crippen molar-refractivity contribution in [2.75, 3.05) is 0 Å². The van der Waals surface area contributed by atoms with E-state index in [4.69, 9.17) is 20.0 Å². The van der Waals surface area contributed by atoms with Gasteiger partial charge in [0, 0.05) is 6.20 Å². The quantitative estimate of drug-likeness (QED) is 0.337. The van der Waals surface area contributed by atoms with Crippen LogP contribution in [0.1, 0.15) is 0 Å². The van der Waals surface area contributed by atoms with E-state index in [-0.39, 0.29) is 0 Å². The Labute approximate surface area is 90.2 Å². The molecule has 8 nitrogen and oxygen atoms in total. The van der Waals surface area contributed by atoms with Gasteiger partial charge in [-0.1, -0.05) is 0 Å². The first-order chi connectivity index (χ1) is 7.18. The highest BCUT2D eigenvalue weighted by Crippen LogP contribution is 2.59. The summed E-state index contributed by atoms with van der Waals surface area (Å²) in [5, 5.41) is 23.6. The predicted octanol–water partition coefficient (Wildman–Crippen LogP) is -1.25. The highest BCUT2D eigenvalue weighted by atomic mass is 31.2. The number of aromatic nitrogens is 1. The van der Waals surface area contributed by atoms with Crippen LogP contribution in [0.3, 0.4) is 0 Å². The molecule has 1 heterocycles. The fraction of sp³-hybridized carbons (Fsp3) is 0.167. The van der Waals surface area contributed by atoms with E-state index < -0.39 is 31.9 Å². The maximum atomic E-state index is 11.5. The summed E-state index contributed by atoms with van der Waals surface area (Å²) in [5.41, 5.74) is -0.652. The Morgan fingerprint density at radius 2 is 1.94 bits per heavy atom. The van der Waals surface area contributed by atoms with E-state index >= 15 is 0 Å². The number of rotatable bonds is 3. The molecule has 0 aromatic carbocycles. The van der Waals surface area contributed by atoms with Crippen molar-refractivity contribution in [2.24, 2.45) is 0 Å². The lowest BCUT2D eigenvalue weighted by Gasteiger charge is -2.21. The van der Waals surface area contributed by atoms with Gasteiger partial charge in [-0.3, -0.25) is 4.57 Å². The van der Waals surface area contributed by atoms with Gasteiger partial charge in [-0.05, 0) is 12.1 Å². The van der Waals surface area contributed by atoms with Gasteiger partial charge in [0.25, 0.3) is 0 Å². The maximum Gasteiger partial charge on any atom is 0.392 e. The van der Waals surface area contributed by atoms with Crippen molar-refractivity contribution in [1.29, 1.82) is 0 Å². The third-order valence-corrected chi connectivity index (χ3v) is 5.43. The Bertz CT molecular complexity index is 468. The van der Waals surface area contributed by atoms with Gasteiger partial charge in [0.2, 0.25) is 0 Å². The molecule has 0 aliphatic heterocycles. The van der Waals surface area contributed by atoms with E-state index in [1.54, 1.807) is 0 Å². The molecule has 0 aliphatic rings. The van der Waals surface area contributed by atoms with Gasteiger partial charge >= 0.3 is 12.9 Å². The Hall–Kier alpha value is -0.750. The number of nitrogens with zero attached hydrogens (tertiary/aromatic N) is 1. The number of hydrogen-bond donors (Lipinski definition) is 5. The Morgan fingerprint density at radius 1 is 1.38 bits per heavy atom. The second kappa shape index (κ2) is 4.25. The molecule has 0 aliphatic carbocycles. The monoisotopic (exact) mass is 269 g/mol. The van der Waals surface area contributed by atoms with E-state index in [2.05, 4.69) is 4.98 Å². The van der Waals surface area contributed by atoms with Crippen LogP contribution in [-0.4, -0.2) is 35.4 Å². The molecule has 0 saturated heterocycles. The molecule has 0 spiro atoms.